The number of carbonyl (C=O) groups excluding carboxylic acids is 2. The minimum absolute atomic E-state index is 0.102. The van der Waals surface area contributed by atoms with Gasteiger partial charge in [0.25, 0.3) is 0 Å². The van der Waals surface area contributed by atoms with E-state index in [-0.39, 0.29) is 23.7 Å². The van der Waals surface area contributed by atoms with E-state index >= 15 is 0 Å². The third-order valence-corrected chi connectivity index (χ3v) is 6.09. The lowest BCUT2D eigenvalue weighted by Crippen LogP contribution is -2.23. The van der Waals surface area contributed by atoms with Gasteiger partial charge in [-0.05, 0) is 12.0 Å². The lowest BCUT2D eigenvalue weighted by molar-refractivity contribution is -0.117. The fourth-order valence-electron chi connectivity index (χ4n) is 3.46. The Bertz CT molecular complexity index is 1080. The Labute approximate surface area is 186 Å². The fourth-order valence-corrected chi connectivity index (χ4v) is 4.33. The maximum atomic E-state index is 12.8. The van der Waals surface area contributed by atoms with E-state index in [1.54, 1.807) is 4.90 Å². The molecule has 2 amide bonds. The van der Waals surface area contributed by atoms with Gasteiger partial charge >= 0.3 is 0 Å². The van der Waals surface area contributed by atoms with Crippen molar-refractivity contribution >= 4 is 34.1 Å². The van der Waals surface area contributed by atoms with Crippen molar-refractivity contribution in [2.75, 3.05) is 16.8 Å². The molecule has 7 nitrogen and oxygen atoms in total. The Hall–Kier alpha value is -3.00. The minimum atomic E-state index is -0.153. The Morgan fingerprint density at radius 3 is 2.68 bits per heavy atom. The van der Waals surface area contributed by atoms with Gasteiger partial charge in [0.2, 0.25) is 11.8 Å². The first kappa shape index (κ1) is 21.2. The first-order valence-electron chi connectivity index (χ1n) is 10.5. The highest BCUT2D eigenvalue weighted by atomic mass is 32.1. The van der Waals surface area contributed by atoms with Gasteiger partial charge in [0.05, 0.1) is 24.4 Å². The van der Waals surface area contributed by atoms with Crippen LogP contribution in [-0.4, -0.2) is 33.1 Å². The van der Waals surface area contributed by atoms with Crippen LogP contribution in [0.4, 0.5) is 10.9 Å². The molecule has 0 bridgehead atoms. The molecule has 1 aliphatic rings. The largest absolute Gasteiger partial charge is 0.311 e. The number of thiazole rings is 1. The molecule has 4 rings (SSSR count). The van der Waals surface area contributed by atoms with Crippen molar-refractivity contribution in [3.05, 3.63) is 58.7 Å². The predicted molar refractivity (Wildman–Crippen MR) is 123 cm³/mol. The third-order valence-electron chi connectivity index (χ3n) is 5.18. The number of anilines is 2. The average Bonchev–Trinajstić information content (AvgIpc) is 3.43. The molecule has 0 saturated carbocycles. The Morgan fingerprint density at radius 2 is 2.00 bits per heavy atom. The highest BCUT2D eigenvalue weighted by molar-refractivity contribution is 7.14. The van der Waals surface area contributed by atoms with Crippen LogP contribution in [0.5, 0.6) is 0 Å². The molecule has 3 aromatic rings. The number of aromatic nitrogens is 3. The first-order valence-corrected chi connectivity index (χ1v) is 11.3. The summed E-state index contributed by atoms with van der Waals surface area (Å²) in [6, 6.07) is 12.0. The van der Waals surface area contributed by atoms with Crippen LogP contribution in [0.25, 0.3) is 0 Å². The Morgan fingerprint density at radius 1 is 1.23 bits per heavy atom. The normalized spacial score (nSPS) is 14.3. The average molecular weight is 438 g/mol. The summed E-state index contributed by atoms with van der Waals surface area (Å²) in [4.78, 5) is 30.9. The highest BCUT2D eigenvalue weighted by Gasteiger charge is 2.25. The maximum absolute atomic E-state index is 12.8. The van der Waals surface area contributed by atoms with Crippen molar-refractivity contribution in [2.24, 2.45) is 0 Å². The van der Waals surface area contributed by atoms with Crippen LogP contribution in [0, 0.1) is 0 Å². The van der Waals surface area contributed by atoms with E-state index in [2.05, 4.69) is 31.1 Å². The van der Waals surface area contributed by atoms with Gasteiger partial charge in [-0.1, -0.05) is 51.1 Å². The molecule has 0 atom stereocenters. The van der Waals surface area contributed by atoms with Crippen LogP contribution in [0.3, 0.4) is 0 Å². The van der Waals surface area contributed by atoms with Crippen molar-refractivity contribution in [3.8, 4) is 0 Å². The molecule has 0 radical (unpaired) electrons. The molecule has 8 heteroatoms. The van der Waals surface area contributed by atoms with Gasteiger partial charge in [-0.15, -0.1) is 11.3 Å². The molecular weight excluding hydrogens is 410 g/mol. The molecule has 1 aliphatic heterocycles. The van der Waals surface area contributed by atoms with Gasteiger partial charge in [-0.2, -0.15) is 5.10 Å². The summed E-state index contributed by atoms with van der Waals surface area (Å²) < 4.78 is 1.84. The van der Waals surface area contributed by atoms with Gasteiger partial charge in [0.15, 0.2) is 5.13 Å². The monoisotopic (exact) mass is 437 g/mol. The highest BCUT2D eigenvalue weighted by Crippen LogP contribution is 2.27. The molecule has 0 spiro atoms. The van der Waals surface area contributed by atoms with Crippen molar-refractivity contribution < 1.29 is 9.59 Å². The molecular formula is C23H27N5O2S. The lowest BCUT2D eigenvalue weighted by atomic mass is 9.92. The molecule has 2 aromatic heterocycles. The molecule has 0 aliphatic carbocycles. The standard InChI is InChI=1S/C23H27N5O2S/c1-23(2,3)18-13-19(28(26-18)14-16-8-5-4-6-9-16)25-20(29)12-17-15-31-22(24-17)27-11-7-10-21(27)30/h4-6,8-9,13,15H,7,10-12,14H2,1-3H3,(H,25,29). The molecule has 1 fully saturated rings. The summed E-state index contributed by atoms with van der Waals surface area (Å²) in [7, 11) is 0. The van der Waals surface area contributed by atoms with Gasteiger partial charge in [0, 0.05) is 29.8 Å². The van der Waals surface area contributed by atoms with Gasteiger partial charge < -0.3 is 5.32 Å². The minimum Gasteiger partial charge on any atom is -0.311 e. The number of benzene rings is 1. The topological polar surface area (TPSA) is 80.1 Å². The summed E-state index contributed by atoms with van der Waals surface area (Å²) in [6.07, 6.45) is 1.58. The fraction of sp³-hybridized carbons (Fsp3) is 0.391. The van der Waals surface area contributed by atoms with Crippen LogP contribution in [0.15, 0.2) is 41.8 Å². The summed E-state index contributed by atoms with van der Waals surface area (Å²) >= 11 is 1.41. The second kappa shape index (κ2) is 8.63. The van der Waals surface area contributed by atoms with E-state index in [1.807, 2.05) is 46.5 Å². The predicted octanol–water partition coefficient (Wildman–Crippen LogP) is 3.99. The van der Waals surface area contributed by atoms with Crippen molar-refractivity contribution in [3.63, 3.8) is 0 Å². The van der Waals surface area contributed by atoms with Crippen LogP contribution in [0.1, 0.15) is 50.6 Å². The van der Waals surface area contributed by atoms with Gasteiger partial charge in [-0.3, -0.25) is 14.5 Å². The van der Waals surface area contributed by atoms with Crippen LogP contribution < -0.4 is 10.2 Å². The maximum Gasteiger partial charge on any atom is 0.231 e. The van der Waals surface area contributed by atoms with E-state index in [0.717, 1.165) is 17.7 Å². The zero-order chi connectivity index (χ0) is 22.0. The molecule has 3 heterocycles. The number of carbonyl (C=O) groups is 2. The number of rotatable bonds is 6. The lowest BCUT2D eigenvalue weighted by Gasteiger charge is -2.14. The SMILES string of the molecule is CC(C)(C)c1cc(NC(=O)Cc2csc(N3CCCC3=O)n2)n(Cc2ccccc2)n1. The number of nitrogens with zero attached hydrogens (tertiary/aromatic N) is 4. The van der Waals surface area contributed by atoms with E-state index in [1.165, 1.54) is 11.3 Å². The molecule has 162 valence electrons. The van der Waals surface area contributed by atoms with Crippen LogP contribution in [-0.2, 0) is 28.0 Å². The third kappa shape index (κ3) is 5.02. The quantitative estimate of drug-likeness (QED) is 0.632. The molecule has 0 unspecified atom stereocenters. The van der Waals surface area contributed by atoms with E-state index in [0.29, 0.717) is 36.2 Å². The molecule has 1 N–H and O–H groups in total. The van der Waals surface area contributed by atoms with Crippen molar-refractivity contribution in [1.29, 1.82) is 0 Å². The van der Waals surface area contributed by atoms with E-state index in [9.17, 15) is 9.59 Å². The summed E-state index contributed by atoms with van der Waals surface area (Å²) in [5.41, 5.74) is 2.57. The van der Waals surface area contributed by atoms with Crippen LogP contribution in [0.2, 0.25) is 0 Å². The number of amides is 2. The van der Waals surface area contributed by atoms with Gasteiger partial charge in [0.1, 0.15) is 5.82 Å². The number of hydrogen-bond donors (Lipinski definition) is 1. The first-order chi connectivity index (χ1) is 14.8. The summed E-state index contributed by atoms with van der Waals surface area (Å²) in [6.45, 7) is 7.58. The van der Waals surface area contributed by atoms with Crippen molar-refractivity contribution in [1.82, 2.24) is 14.8 Å². The second-order valence-corrected chi connectivity index (χ2v) is 9.64. The molecule has 1 aromatic carbocycles. The van der Waals surface area contributed by atoms with E-state index in [4.69, 9.17) is 5.10 Å². The smallest absolute Gasteiger partial charge is 0.231 e. The zero-order valence-electron chi connectivity index (χ0n) is 18.1. The summed E-state index contributed by atoms with van der Waals surface area (Å²) in [5, 5.41) is 10.3. The zero-order valence-corrected chi connectivity index (χ0v) is 18.9. The van der Waals surface area contributed by atoms with Crippen molar-refractivity contribution in [2.45, 2.75) is 52.0 Å². The Balaban J connectivity index is 1.49. The van der Waals surface area contributed by atoms with E-state index < -0.39 is 0 Å². The summed E-state index contributed by atoms with van der Waals surface area (Å²) in [5.74, 6) is 0.619. The molecule has 1 saturated heterocycles. The molecule has 31 heavy (non-hydrogen) atoms. The van der Waals surface area contributed by atoms with Gasteiger partial charge in [-0.25, -0.2) is 9.67 Å². The number of hydrogen-bond acceptors (Lipinski definition) is 5. The number of nitrogens with one attached hydrogen (secondary N) is 1. The van der Waals surface area contributed by atoms with Crippen LogP contribution >= 0.6 is 11.3 Å². The Kier molecular flexibility index (Phi) is 5.91. The second-order valence-electron chi connectivity index (χ2n) is 8.80.